The highest BCUT2D eigenvalue weighted by Crippen LogP contribution is 2.31. The van der Waals surface area contributed by atoms with Gasteiger partial charge in [-0.1, -0.05) is 45.2 Å². The van der Waals surface area contributed by atoms with Crippen molar-refractivity contribution in [3.63, 3.8) is 0 Å². The summed E-state index contributed by atoms with van der Waals surface area (Å²) in [4.78, 5) is 4.84. The molecular formula is C20H33N3. The van der Waals surface area contributed by atoms with Crippen LogP contribution in [0.2, 0.25) is 0 Å². The molecular weight excluding hydrogens is 282 g/mol. The van der Waals surface area contributed by atoms with Crippen LogP contribution < -0.4 is 5.32 Å². The van der Waals surface area contributed by atoms with Gasteiger partial charge in [-0.2, -0.15) is 0 Å². The van der Waals surface area contributed by atoms with Crippen molar-refractivity contribution in [2.45, 2.75) is 78.3 Å². The summed E-state index contributed by atoms with van der Waals surface area (Å²) in [5, 5.41) is 3.51. The lowest BCUT2D eigenvalue weighted by Gasteiger charge is -2.28. The minimum atomic E-state index is 0.578. The van der Waals surface area contributed by atoms with Gasteiger partial charge in [0.15, 0.2) is 0 Å². The van der Waals surface area contributed by atoms with Crippen LogP contribution in [0.15, 0.2) is 18.2 Å². The zero-order chi connectivity index (χ0) is 16.8. The maximum atomic E-state index is 4.84. The number of fused-ring (bicyclic) bond motifs is 1. The molecule has 1 aromatic carbocycles. The van der Waals surface area contributed by atoms with E-state index in [9.17, 15) is 0 Å². The molecule has 1 N–H and O–H groups in total. The van der Waals surface area contributed by atoms with Crippen molar-refractivity contribution in [3.8, 4) is 0 Å². The zero-order valence-electron chi connectivity index (χ0n) is 15.5. The van der Waals surface area contributed by atoms with Crippen molar-refractivity contribution in [3.05, 3.63) is 29.6 Å². The molecule has 1 saturated carbocycles. The van der Waals surface area contributed by atoms with Gasteiger partial charge in [0.2, 0.25) is 0 Å². The van der Waals surface area contributed by atoms with Crippen molar-refractivity contribution in [2.75, 3.05) is 7.05 Å². The molecule has 0 saturated heterocycles. The van der Waals surface area contributed by atoms with E-state index in [0.717, 1.165) is 0 Å². The van der Waals surface area contributed by atoms with Crippen LogP contribution >= 0.6 is 0 Å². The average molecular weight is 316 g/mol. The fraction of sp³-hybridized carbons (Fsp3) is 0.650. The number of aryl methyl sites for hydroxylation is 2. The fourth-order valence-corrected chi connectivity index (χ4v) is 3.84. The monoisotopic (exact) mass is 315 g/mol. The van der Waals surface area contributed by atoms with Crippen LogP contribution in [0.25, 0.3) is 11.0 Å². The van der Waals surface area contributed by atoms with Gasteiger partial charge in [0.25, 0.3) is 0 Å². The maximum Gasteiger partial charge on any atom is 0.106 e. The smallest absolute Gasteiger partial charge is 0.106 e. The van der Waals surface area contributed by atoms with Gasteiger partial charge in [-0.3, -0.25) is 0 Å². The minimum Gasteiger partial charge on any atom is -0.325 e. The third-order valence-corrected chi connectivity index (χ3v) is 5.02. The molecule has 2 atom stereocenters. The molecule has 3 heteroatoms. The highest BCUT2D eigenvalue weighted by molar-refractivity contribution is 5.79. The Morgan fingerprint density at radius 2 is 1.83 bits per heavy atom. The van der Waals surface area contributed by atoms with E-state index >= 15 is 0 Å². The molecule has 0 aliphatic heterocycles. The van der Waals surface area contributed by atoms with Gasteiger partial charge >= 0.3 is 0 Å². The van der Waals surface area contributed by atoms with E-state index in [1.54, 1.807) is 0 Å². The second-order valence-electron chi connectivity index (χ2n) is 6.48. The lowest BCUT2D eigenvalue weighted by Crippen LogP contribution is -2.30. The second-order valence-corrected chi connectivity index (χ2v) is 6.48. The first-order valence-electron chi connectivity index (χ1n) is 9.32. The summed E-state index contributed by atoms with van der Waals surface area (Å²) < 4.78 is 2.50. The third-order valence-electron chi connectivity index (χ3n) is 5.02. The van der Waals surface area contributed by atoms with E-state index in [2.05, 4.69) is 49.0 Å². The molecule has 0 radical (unpaired) electrons. The highest BCUT2D eigenvalue weighted by Gasteiger charge is 2.22. The number of hydrogen-bond acceptors (Lipinski definition) is 2. The predicted octanol–water partition coefficient (Wildman–Crippen LogP) is 5.16. The molecule has 1 aliphatic rings. The Hall–Kier alpha value is -1.35. The number of nitrogens with one attached hydrogen (secondary N) is 1. The number of benzene rings is 1. The molecule has 1 aliphatic carbocycles. The van der Waals surface area contributed by atoms with Crippen LogP contribution in [0, 0.1) is 13.8 Å². The zero-order valence-corrected chi connectivity index (χ0v) is 15.5. The summed E-state index contributed by atoms with van der Waals surface area (Å²) in [6.07, 6.45) is 7.86. The summed E-state index contributed by atoms with van der Waals surface area (Å²) in [7, 11) is 2.10. The van der Waals surface area contributed by atoms with Crippen molar-refractivity contribution in [2.24, 2.45) is 0 Å². The largest absolute Gasteiger partial charge is 0.325 e. The first-order valence-corrected chi connectivity index (χ1v) is 9.32. The van der Waals surface area contributed by atoms with Crippen LogP contribution in [0.4, 0.5) is 0 Å². The van der Waals surface area contributed by atoms with Crippen LogP contribution in [0.3, 0.4) is 0 Å². The van der Waals surface area contributed by atoms with E-state index < -0.39 is 0 Å². The molecule has 1 heterocycles. The Morgan fingerprint density at radius 3 is 2.57 bits per heavy atom. The molecule has 0 bridgehead atoms. The van der Waals surface area contributed by atoms with Crippen LogP contribution in [-0.2, 0) is 0 Å². The van der Waals surface area contributed by atoms with Gasteiger partial charge in [0, 0.05) is 12.1 Å². The summed E-state index contributed by atoms with van der Waals surface area (Å²) in [5.41, 5.74) is 3.77. The SMILES string of the molecule is CC.CN[C@@H]1CCCCC[C@@H](n2c(C)nc3c(C)cccc32)C1. The summed E-state index contributed by atoms with van der Waals surface area (Å²) in [6.45, 7) is 8.32. The Labute approximate surface area is 141 Å². The lowest BCUT2D eigenvalue weighted by molar-refractivity contribution is 0.321. The number of para-hydroxylation sites is 1. The number of aromatic nitrogens is 2. The molecule has 128 valence electrons. The van der Waals surface area contributed by atoms with E-state index in [1.807, 2.05) is 13.8 Å². The minimum absolute atomic E-state index is 0.578. The summed E-state index contributed by atoms with van der Waals surface area (Å²) >= 11 is 0. The normalized spacial score (nSPS) is 22.1. The van der Waals surface area contributed by atoms with Gasteiger partial charge in [-0.15, -0.1) is 0 Å². The number of rotatable bonds is 2. The van der Waals surface area contributed by atoms with Crippen LogP contribution in [-0.4, -0.2) is 22.6 Å². The Balaban J connectivity index is 0.000000924. The van der Waals surface area contributed by atoms with Gasteiger partial charge in [0.05, 0.1) is 11.0 Å². The molecule has 2 aromatic rings. The number of hydrogen-bond donors (Lipinski definition) is 1. The lowest BCUT2D eigenvalue weighted by atomic mass is 9.92. The fourth-order valence-electron chi connectivity index (χ4n) is 3.84. The maximum absolute atomic E-state index is 4.84. The second kappa shape index (κ2) is 8.49. The van der Waals surface area contributed by atoms with E-state index in [0.29, 0.717) is 12.1 Å². The van der Waals surface area contributed by atoms with E-state index in [1.165, 1.54) is 60.9 Å². The predicted molar refractivity (Wildman–Crippen MR) is 100 cm³/mol. The third kappa shape index (κ3) is 3.95. The first-order chi connectivity index (χ1) is 11.2. The van der Waals surface area contributed by atoms with Gasteiger partial charge in [0.1, 0.15) is 5.82 Å². The molecule has 3 rings (SSSR count). The molecule has 1 aromatic heterocycles. The average Bonchev–Trinajstić information content (AvgIpc) is 2.88. The van der Waals surface area contributed by atoms with Crippen LogP contribution in [0.5, 0.6) is 0 Å². The number of nitrogens with zero attached hydrogens (tertiary/aromatic N) is 2. The van der Waals surface area contributed by atoms with Crippen LogP contribution in [0.1, 0.15) is 69.8 Å². The van der Waals surface area contributed by atoms with E-state index in [4.69, 9.17) is 4.98 Å². The molecule has 0 spiro atoms. The molecule has 3 nitrogen and oxygen atoms in total. The van der Waals surface area contributed by atoms with Crippen molar-refractivity contribution in [1.29, 1.82) is 0 Å². The summed E-state index contributed by atoms with van der Waals surface area (Å²) in [5.74, 6) is 1.17. The van der Waals surface area contributed by atoms with Gasteiger partial charge in [-0.25, -0.2) is 4.98 Å². The molecule has 23 heavy (non-hydrogen) atoms. The topological polar surface area (TPSA) is 29.9 Å². The molecule has 0 unspecified atom stereocenters. The van der Waals surface area contributed by atoms with Crippen molar-refractivity contribution in [1.82, 2.24) is 14.9 Å². The van der Waals surface area contributed by atoms with Gasteiger partial charge in [-0.05, 0) is 51.8 Å². The van der Waals surface area contributed by atoms with E-state index in [-0.39, 0.29) is 0 Å². The number of imidazole rings is 1. The molecule has 1 fully saturated rings. The molecule has 0 amide bonds. The Kier molecular flexibility index (Phi) is 6.64. The first kappa shape index (κ1) is 18.0. The highest BCUT2D eigenvalue weighted by atomic mass is 15.1. The quantitative estimate of drug-likeness (QED) is 0.829. The van der Waals surface area contributed by atoms with Crippen molar-refractivity contribution >= 4 is 11.0 Å². The Bertz CT molecular complexity index is 615. The van der Waals surface area contributed by atoms with Gasteiger partial charge < -0.3 is 9.88 Å². The van der Waals surface area contributed by atoms with Crippen molar-refractivity contribution < 1.29 is 0 Å². The Morgan fingerprint density at radius 1 is 1.09 bits per heavy atom. The standard InChI is InChI=1S/C18H27N3.C2H6/c1-13-8-7-11-17-18(13)20-14(2)21(17)16-10-6-4-5-9-15(12-16)19-3;1-2/h7-8,11,15-16,19H,4-6,9-10,12H2,1-3H3;1-2H3/t15-,16-;/m1./s1. The summed E-state index contributed by atoms with van der Waals surface area (Å²) in [6, 6.07) is 7.77.